The van der Waals surface area contributed by atoms with Gasteiger partial charge in [-0.15, -0.1) is 0 Å². The number of hydrogen-bond acceptors (Lipinski definition) is 5. The van der Waals surface area contributed by atoms with Crippen molar-refractivity contribution in [2.45, 2.75) is 0 Å². The van der Waals surface area contributed by atoms with Gasteiger partial charge >= 0.3 is 0 Å². The number of methoxy groups -OCH3 is 2. The molecule has 0 fully saturated rings. The summed E-state index contributed by atoms with van der Waals surface area (Å²) in [5.74, 6) is 1.14. The third-order valence-electron chi connectivity index (χ3n) is 3.19. The largest absolute Gasteiger partial charge is 0.493 e. The molecule has 2 aromatic carbocycles. The van der Waals surface area contributed by atoms with Crippen LogP contribution in [0.3, 0.4) is 0 Å². The smallest absolute Gasteiger partial charge is 0.269 e. The van der Waals surface area contributed by atoms with E-state index in [2.05, 4.69) is 15.9 Å². The van der Waals surface area contributed by atoms with Crippen LogP contribution in [-0.2, 0) is 4.74 Å². The van der Waals surface area contributed by atoms with Crippen LogP contribution in [-0.4, -0.2) is 25.9 Å². The average Bonchev–Trinajstić information content (AvgIpc) is 2.59. The van der Waals surface area contributed by atoms with Gasteiger partial charge in [0, 0.05) is 19.2 Å². The minimum Gasteiger partial charge on any atom is -0.493 e. The molecule has 0 radical (unpaired) electrons. The predicted molar refractivity (Wildman–Crippen MR) is 95.2 cm³/mol. The second kappa shape index (κ2) is 8.47. The van der Waals surface area contributed by atoms with Crippen LogP contribution in [0.2, 0.25) is 0 Å². The normalized spacial score (nSPS) is 10.8. The van der Waals surface area contributed by atoms with Crippen molar-refractivity contribution < 1.29 is 19.1 Å². The molecule has 126 valence electrons. The summed E-state index contributed by atoms with van der Waals surface area (Å²) in [4.78, 5) is 10.2. The molecule has 0 unspecified atom stereocenters. The number of rotatable bonds is 7. The molecular weight excluding hydrogens is 378 g/mol. The third kappa shape index (κ3) is 4.33. The van der Waals surface area contributed by atoms with Crippen LogP contribution in [0, 0.1) is 10.1 Å². The Morgan fingerprint density at radius 3 is 2.42 bits per heavy atom. The quantitative estimate of drug-likeness (QED) is 0.299. The van der Waals surface area contributed by atoms with E-state index in [1.54, 1.807) is 32.4 Å². The second-order valence-electron chi connectivity index (χ2n) is 4.73. The molecule has 0 heterocycles. The lowest BCUT2D eigenvalue weighted by Crippen LogP contribution is -2.02. The summed E-state index contributed by atoms with van der Waals surface area (Å²) in [5, 5.41) is 10.7. The molecule has 2 rings (SSSR count). The molecule has 0 saturated heterocycles. The Bertz CT molecular complexity index is 743. The molecule has 0 bridgehead atoms. The van der Waals surface area contributed by atoms with Gasteiger partial charge in [-0.25, -0.2) is 0 Å². The fourth-order valence-electron chi connectivity index (χ4n) is 1.99. The van der Waals surface area contributed by atoms with Crippen molar-refractivity contribution >= 4 is 33.8 Å². The lowest BCUT2D eigenvalue weighted by molar-refractivity contribution is -0.384. The highest BCUT2D eigenvalue weighted by Crippen LogP contribution is 2.38. The molecule has 0 N–H and O–H groups in total. The zero-order valence-corrected chi connectivity index (χ0v) is 14.8. The average molecular weight is 394 g/mol. The van der Waals surface area contributed by atoms with Crippen LogP contribution < -0.4 is 9.47 Å². The summed E-state index contributed by atoms with van der Waals surface area (Å²) >= 11 is 3.51. The first-order valence-electron chi connectivity index (χ1n) is 6.97. The molecular formula is C17H16BrNO5. The Labute approximate surface area is 147 Å². The van der Waals surface area contributed by atoms with E-state index in [0.29, 0.717) is 11.5 Å². The molecule has 24 heavy (non-hydrogen) atoms. The Morgan fingerprint density at radius 2 is 1.83 bits per heavy atom. The molecule has 0 amide bonds. The van der Waals surface area contributed by atoms with E-state index >= 15 is 0 Å². The maximum atomic E-state index is 10.7. The number of ether oxygens (including phenoxy) is 3. The first-order chi connectivity index (χ1) is 11.6. The van der Waals surface area contributed by atoms with Crippen molar-refractivity contribution in [3.63, 3.8) is 0 Å². The summed E-state index contributed by atoms with van der Waals surface area (Å²) in [6.45, 7) is 0.102. The van der Waals surface area contributed by atoms with Gasteiger partial charge < -0.3 is 14.2 Å². The standard InChI is InChI=1S/C17H16BrNO5/c1-22-11-24-17-15(23-2)10-7-13(16(17)18)6-3-12-4-8-14(9-5-12)19(20)21/h3-10H,11H2,1-2H3/b6-3+. The van der Waals surface area contributed by atoms with E-state index in [1.165, 1.54) is 12.1 Å². The number of nitro groups is 1. The Kier molecular flexibility index (Phi) is 6.34. The van der Waals surface area contributed by atoms with Crippen LogP contribution in [0.15, 0.2) is 40.9 Å². The number of nitrogens with zero attached hydrogens (tertiary/aromatic N) is 1. The topological polar surface area (TPSA) is 70.8 Å². The van der Waals surface area contributed by atoms with Gasteiger partial charge in [0.15, 0.2) is 18.3 Å². The Balaban J connectivity index is 2.26. The van der Waals surface area contributed by atoms with Gasteiger partial charge in [0.25, 0.3) is 5.69 Å². The fraction of sp³-hybridized carbons (Fsp3) is 0.176. The van der Waals surface area contributed by atoms with E-state index in [0.717, 1.165) is 15.6 Å². The minimum atomic E-state index is -0.424. The summed E-state index contributed by atoms with van der Waals surface area (Å²) in [5.41, 5.74) is 1.79. The van der Waals surface area contributed by atoms with Crippen molar-refractivity contribution in [3.05, 3.63) is 62.1 Å². The maximum Gasteiger partial charge on any atom is 0.269 e. The molecule has 2 aromatic rings. The number of hydrogen-bond donors (Lipinski definition) is 0. The molecule has 0 aliphatic carbocycles. The van der Waals surface area contributed by atoms with E-state index in [1.807, 2.05) is 18.2 Å². The van der Waals surface area contributed by atoms with Crippen molar-refractivity contribution in [1.29, 1.82) is 0 Å². The number of nitro benzene ring substituents is 1. The molecule has 0 atom stereocenters. The van der Waals surface area contributed by atoms with Crippen LogP contribution >= 0.6 is 15.9 Å². The van der Waals surface area contributed by atoms with Gasteiger partial charge in [-0.1, -0.05) is 12.2 Å². The van der Waals surface area contributed by atoms with E-state index in [4.69, 9.17) is 14.2 Å². The Morgan fingerprint density at radius 1 is 1.12 bits per heavy atom. The zero-order valence-electron chi connectivity index (χ0n) is 13.2. The van der Waals surface area contributed by atoms with Crippen LogP contribution in [0.5, 0.6) is 11.5 Å². The maximum absolute atomic E-state index is 10.7. The van der Waals surface area contributed by atoms with Gasteiger partial charge in [0.2, 0.25) is 0 Å². The van der Waals surface area contributed by atoms with Gasteiger partial charge in [0.1, 0.15) is 0 Å². The highest BCUT2D eigenvalue weighted by molar-refractivity contribution is 9.10. The fourth-order valence-corrected chi connectivity index (χ4v) is 2.56. The molecule has 0 spiro atoms. The summed E-state index contributed by atoms with van der Waals surface area (Å²) < 4.78 is 16.5. The van der Waals surface area contributed by atoms with Crippen molar-refractivity contribution in [1.82, 2.24) is 0 Å². The number of non-ortho nitro benzene ring substituents is 1. The van der Waals surface area contributed by atoms with Crippen LogP contribution in [0.4, 0.5) is 5.69 Å². The van der Waals surface area contributed by atoms with Gasteiger partial charge in [-0.3, -0.25) is 10.1 Å². The number of halogens is 1. The van der Waals surface area contributed by atoms with E-state index < -0.39 is 4.92 Å². The monoisotopic (exact) mass is 393 g/mol. The highest BCUT2D eigenvalue weighted by Gasteiger charge is 2.12. The van der Waals surface area contributed by atoms with E-state index in [-0.39, 0.29) is 12.5 Å². The second-order valence-corrected chi connectivity index (χ2v) is 5.53. The zero-order chi connectivity index (χ0) is 17.5. The van der Waals surface area contributed by atoms with Crippen LogP contribution in [0.25, 0.3) is 12.2 Å². The summed E-state index contributed by atoms with van der Waals surface area (Å²) in [6, 6.07) is 9.99. The summed E-state index contributed by atoms with van der Waals surface area (Å²) in [6.07, 6.45) is 3.74. The SMILES string of the molecule is COCOc1c(OC)ccc(/C=C/c2ccc([N+](=O)[O-])cc2)c1Br. The van der Waals surface area contributed by atoms with Crippen molar-refractivity contribution in [2.24, 2.45) is 0 Å². The molecule has 6 nitrogen and oxygen atoms in total. The number of benzene rings is 2. The van der Waals surface area contributed by atoms with Crippen molar-refractivity contribution in [2.75, 3.05) is 21.0 Å². The molecule has 7 heteroatoms. The predicted octanol–water partition coefficient (Wildman–Crippen LogP) is 4.52. The van der Waals surface area contributed by atoms with Gasteiger partial charge in [-0.2, -0.15) is 0 Å². The molecule has 0 aliphatic rings. The molecule has 0 aromatic heterocycles. The Hall–Kier alpha value is -2.38. The highest BCUT2D eigenvalue weighted by atomic mass is 79.9. The summed E-state index contributed by atoms with van der Waals surface area (Å²) in [7, 11) is 3.10. The third-order valence-corrected chi connectivity index (χ3v) is 4.01. The first-order valence-corrected chi connectivity index (χ1v) is 7.77. The molecule has 0 saturated carbocycles. The van der Waals surface area contributed by atoms with Crippen molar-refractivity contribution in [3.8, 4) is 11.5 Å². The van der Waals surface area contributed by atoms with Crippen LogP contribution in [0.1, 0.15) is 11.1 Å². The van der Waals surface area contributed by atoms with E-state index in [9.17, 15) is 10.1 Å². The molecule has 0 aliphatic heterocycles. The lowest BCUT2D eigenvalue weighted by Gasteiger charge is -2.13. The van der Waals surface area contributed by atoms with Gasteiger partial charge in [-0.05, 0) is 51.3 Å². The minimum absolute atomic E-state index is 0.0630. The lowest BCUT2D eigenvalue weighted by atomic mass is 10.1. The van der Waals surface area contributed by atoms with Gasteiger partial charge in [0.05, 0.1) is 16.5 Å². The first kappa shape index (κ1) is 18.0.